The molecule has 30 heavy (non-hydrogen) atoms. The molecule has 0 bridgehead atoms. The van der Waals surface area contributed by atoms with E-state index >= 15 is 0 Å². The van der Waals surface area contributed by atoms with Gasteiger partial charge in [-0.2, -0.15) is 4.31 Å². The summed E-state index contributed by atoms with van der Waals surface area (Å²) in [5.74, 6) is -0.302. The van der Waals surface area contributed by atoms with Gasteiger partial charge in [0.25, 0.3) is 5.69 Å². The topological polar surface area (TPSA) is 113 Å². The van der Waals surface area contributed by atoms with Crippen molar-refractivity contribution >= 4 is 21.6 Å². The Morgan fingerprint density at radius 2 is 1.60 bits per heavy atom. The van der Waals surface area contributed by atoms with Crippen molar-refractivity contribution in [2.45, 2.75) is 12.3 Å². The number of carbonyl (C=O) groups excluding carboxylic acids is 1. The van der Waals surface area contributed by atoms with E-state index in [1.165, 1.54) is 28.6 Å². The maximum atomic E-state index is 12.7. The summed E-state index contributed by atoms with van der Waals surface area (Å²) in [6.07, 6.45) is 0. The molecule has 0 radical (unpaired) electrons. The second kappa shape index (κ2) is 9.79. The SMILES string of the molecule is O=C(CN1CCN(S(=O)(=O)Cc2ccc([N+](=O)[O-])cc2)CC1)NCc1ccccc1. The third-order valence-corrected chi connectivity index (χ3v) is 6.77. The minimum Gasteiger partial charge on any atom is -0.351 e. The Kier molecular flexibility index (Phi) is 7.14. The Hall–Kier alpha value is -2.82. The number of hydrogen-bond donors (Lipinski definition) is 1. The van der Waals surface area contributed by atoms with Gasteiger partial charge in [0.15, 0.2) is 0 Å². The molecule has 9 nitrogen and oxygen atoms in total. The predicted octanol–water partition coefficient (Wildman–Crippen LogP) is 1.36. The average Bonchev–Trinajstić information content (AvgIpc) is 2.73. The van der Waals surface area contributed by atoms with Crippen LogP contribution < -0.4 is 5.32 Å². The van der Waals surface area contributed by atoms with Gasteiger partial charge in [-0.1, -0.05) is 42.5 Å². The summed E-state index contributed by atoms with van der Waals surface area (Å²) >= 11 is 0. The highest BCUT2D eigenvalue weighted by atomic mass is 32.2. The summed E-state index contributed by atoms with van der Waals surface area (Å²) in [5, 5.41) is 13.6. The molecule has 2 aromatic rings. The average molecular weight is 433 g/mol. The molecule has 160 valence electrons. The van der Waals surface area contributed by atoms with Gasteiger partial charge >= 0.3 is 0 Å². The first-order valence-electron chi connectivity index (χ1n) is 9.57. The van der Waals surface area contributed by atoms with E-state index in [0.29, 0.717) is 38.3 Å². The number of nitrogens with zero attached hydrogens (tertiary/aromatic N) is 3. The van der Waals surface area contributed by atoms with Crippen LogP contribution in [0.15, 0.2) is 54.6 Å². The molecule has 1 aliphatic rings. The first-order chi connectivity index (χ1) is 14.3. The minimum absolute atomic E-state index is 0.0738. The fourth-order valence-electron chi connectivity index (χ4n) is 3.24. The maximum absolute atomic E-state index is 12.7. The van der Waals surface area contributed by atoms with Crippen LogP contribution in [0.2, 0.25) is 0 Å². The maximum Gasteiger partial charge on any atom is 0.269 e. The first-order valence-corrected chi connectivity index (χ1v) is 11.2. The molecule has 3 rings (SSSR count). The van der Waals surface area contributed by atoms with Crippen molar-refractivity contribution in [3.63, 3.8) is 0 Å². The number of nitro groups is 1. The number of piperazine rings is 1. The molecule has 0 unspecified atom stereocenters. The molecule has 1 fully saturated rings. The van der Waals surface area contributed by atoms with Gasteiger partial charge in [-0.15, -0.1) is 0 Å². The van der Waals surface area contributed by atoms with Gasteiger partial charge in [0, 0.05) is 44.9 Å². The Bertz CT molecular complexity index is 972. The third-order valence-electron chi connectivity index (χ3n) is 4.92. The van der Waals surface area contributed by atoms with Gasteiger partial charge in [-0.3, -0.25) is 19.8 Å². The standard InChI is InChI=1S/C20H24N4O5S/c25-20(21-14-17-4-2-1-3-5-17)15-22-10-12-23(13-11-22)30(28,29)16-18-6-8-19(9-7-18)24(26)27/h1-9H,10-16H2,(H,21,25). The largest absolute Gasteiger partial charge is 0.351 e. The highest BCUT2D eigenvalue weighted by Gasteiger charge is 2.28. The van der Waals surface area contributed by atoms with Crippen molar-refractivity contribution in [3.8, 4) is 0 Å². The van der Waals surface area contributed by atoms with Crippen molar-refractivity contribution in [2.24, 2.45) is 0 Å². The quantitative estimate of drug-likeness (QED) is 0.498. The number of carbonyl (C=O) groups is 1. The van der Waals surface area contributed by atoms with Crippen molar-refractivity contribution in [2.75, 3.05) is 32.7 Å². The third kappa shape index (κ3) is 6.09. The highest BCUT2D eigenvalue weighted by molar-refractivity contribution is 7.88. The van der Waals surface area contributed by atoms with Crippen LogP contribution in [0.1, 0.15) is 11.1 Å². The van der Waals surface area contributed by atoms with E-state index in [9.17, 15) is 23.3 Å². The van der Waals surface area contributed by atoms with E-state index in [1.807, 2.05) is 35.2 Å². The molecule has 1 N–H and O–H groups in total. The van der Waals surface area contributed by atoms with Crippen LogP contribution >= 0.6 is 0 Å². The lowest BCUT2D eigenvalue weighted by atomic mass is 10.2. The van der Waals surface area contributed by atoms with Crippen molar-refractivity contribution < 1.29 is 18.1 Å². The summed E-state index contributed by atoms with van der Waals surface area (Å²) in [6.45, 7) is 2.24. The van der Waals surface area contributed by atoms with Gasteiger partial charge in [0.2, 0.25) is 15.9 Å². The van der Waals surface area contributed by atoms with Gasteiger partial charge in [-0.05, 0) is 11.1 Å². The number of rotatable bonds is 8. The minimum atomic E-state index is -3.53. The Balaban J connectivity index is 1.45. The Morgan fingerprint density at radius 1 is 0.967 bits per heavy atom. The molecule has 0 aromatic heterocycles. The van der Waals surface area contributed by atoms with E-state index < -0.39 is 14.9 Å². The molecular formula is C20H24N4O5S. The number of benzene rings is 2. The Morgan fingerprint density at radius 3 is 2.20 bits per heavy atom. The van der Waals surface area contributed by atoms with E-state index in [0.717, 1.165) is 5.56 Å². The fourth-order valence-corrected chi connectivity index (χ4v) is 4.75. The lowest BCUT2D eigenvalue weighted by molar-refractivity contribution is -0.384. The molecule has 0 aliphatic carbocycles. The molecule has 0 spiro atoms. The molecule has 0 atom stereocenters. The molecule has 0 saturated carbocycles. The van der Waals surface area contributed by atoms with Crippen LogP contribution in [0.25, 0.3) is 0 Å². The summed E-state index contributed by atoms with van der Waals surface area (Å²) < 4.78 is 26.7. The van der Waals surface area contributed by atoms with E-state index in [4.69, 9.17) is 0 Å². The monoisotopic (exact) mass is 432 g/mol. The number of amides is 1. The van der Waals surface area contributed by atoms with Crippen molar-refractivity contribution in [3.05, 3.63) is 75.8 Å². The molecular weight excluding hydrogens is 408 g/mol. The van der Waals surface area contributed by atoms with E-state index in [-0.39, 0.29) is 23.9 Å². The first kappa shape index (κ1) is 21.9. The summed E-state index contributed by atoms with van der Waals surface area (Å²) in [5.41, 5.74) is 1.45. The smallest absolute Gasteiger partial charge is 0.269 e. The number of non-ortho nitro benzene ring substituents is 1. The van der Waals surface area contributed by atoms with Crippen molar-refractivity contribution in [1.29, 1.82) is 0 Å². The molecule has 1 heterocycles. The van der Waals surface area contributed by atoms with Crippen LogP contribution in [0.4, 0.5) is 5.69 Å². The van der Waals surface area contributed by atoms with Crippen LogP contribution in [0.5, 0.6) is 0 Å². The summed E-state index contributed by atoms with van der Waals surface area (Å²) in [4.78, 5) is 24.3. The highest BCUT2D eigenvalue weighted by Crippen LogP contribution is 2.17. The van der Waals surface area contributed by atoms with Gasteiger partial charge in [0.1, 0.15) is 0 Å². The van der Waals surface area contributed by atoms with Crippen LogP contribution in [-0.2, 0) is 27.1 Å². The second-order valence-electron chi connectivity index (χ2n) is 7.12. The zero-order chi connectivity index (χ0) is 21.6. The van der Waals surface area contributed by atoms with Gasteiger partial charge < -0.3 is 5.32 Å². The number of sulfonamides is 1. The molecule has 2 aromatic carbocycles. The molecule has 1 amide bonds. The fraction of sp³-hybridized carbons (Fsp3) is 0.350. The second-order valence-corrected chi connectivity index (χ2v) is 9.09. The van der Waals surface area contributed by atoms with Crippen LogP contribution in [-0.4, -0.2) is 61.2 Å². The van der Waals surface area contributed by atoms with Gasteiger partial charge in [-0.25, -0.2) is 8.42 Å². The number of nitrogens with one attached hydrogen (secondary N) is 1. The lowest BCUT2D eigenvalue weighted by Gasteiger charge is -2.33. The predicted molar refractivity (Wildman–Crippen MR) is 112 cm³/mol. The van der Waals surface area contributed by atoms with Crippen LogP contribution in [0.3, 0.4) is 0 Å². The Labute approximate surface area is 175 Å². The molecule has 1 aliphatic heterocycles. The van der Waals surface area contributed by atoms with E-state index in [2.05, 4.69) is 5.32 Å². The van der Waals surface area contributed by atoms with Crippen molar-refractivity contribution in [1.82, 2.24) is 14.5 Å². The molecule has 10 heteroatoms. The number of nitro benzene ring substituents is 1. The normalized spacial score (nSPS) is 15.6. The van der Waals surface area contributed by atoms with Gasteiger partial charge in [0.05, 0.1) is 17.2 Å². The van der Waals surface area contributed by atoms with Crippen LogP contribution in [0, 0.1) is 10.1 Å². The summed E-state index contributed by atoms with van der Waals surface area (Å²) in [7, 11) is -3.53. The zero-order valence-corrected chi connectivity index (χ0v) is 17.3. The summed E-state index contributed by atoms with van der Waals surface area (Å²) in [6, 6.07) is 15.2. The zero-order valence-electron chi connectivity index (χ0n) is 16.4. The van der Waals surface area contributed by atoms with E-state index in [1.54, 1.807) is 0 Å². The molecule has 1 saturated heterocycles. The lowest BCUT2D eigenvalue weighted by Crippen LogP contribution is -2.51. The number of hydrogen-bond acceptors (Lipinski definition) is 6.